The highest BCUT2D eigenvalue weighted by atomic mass is 16.1. The molecule has 1 nitrogen and oxygen atoms in total. The number of allylic oxidation sites excluding steroid dienone is 4. The molecule has 1 aliphatic carbocycles. The van der Waals surface area contributed by atoms with E-state index < -0.39 is 0 Å². The molecule has 0 amide bonds. The fourth-order valence-electron chi connectivity index (χ4n) is 4.05. The van der Waals surface area contributed by atoms with Gasteiger partial charge in [0.1, 0.15) is 0 Å². The lowest BCUT2D eigenvalue weighted by Gasteiger charge is -2.20. The first kappa shape index (κ1) is 19.1. The summed E-state index contributed by atoms with van der Waals surface area (Å²) in [5.41, 5.74) is 7.30. The van der Waals surface area contributed by atoms with Gasteiger partial charge in [0.25, 0.3) is 0 Å². The molecule has 4 rings (SSSR count). The van der Waals surface area contributed by atoms with E-state index in [2.05, 4.69) is 72.8 Å². The predicted octanol–water partition coefficient (Wildman–Crippen LogP) is 6.84. The Morgan fingerprint density at radius 1 is 0.793 bits per heavy atom. The Labute approximate surface area is 173 Å². The number of rotatable bonds is 7. The van der Waals surface area contributed by atoms with Crippen LogP contribution in [0.5, 0.6) is 0 Å². The van der Waals surface area contributed by atoms with Crippen molar-refractivity contribution in [3.8, 4) is 0 Å². The summed E-state index contributed by atoms with van der Waals surface area (Å²) in [7, 11) is 0. The summed E-state index contributed by atoms with van der Waals surface area (Å²) in [5.74, 6) is 0.545. The number of hydrogen-bond acceptors (Lipinski definition) is 1. The molecule has 0 aromatic heterocycles. The van der Waals surface area contributed by atoms with E-state index in [0.717, 1.165) is 18.4 Å². The average molecular weight is 379 g/mol. The van der Waals surface area contributed by atoms with Crippen LogP contribution in [0.1, 0.15) is 39.9 Å². The van der Waals surface area contributed by atoms with Crippen molar-refractivity contribution >= 4 is 11.4 Å². The van der Waals surface area contributed by atoms with Gasteiger partial charge in [-0.1, -0.05) is 108 Å². The first-order valence-electron chi connectivity index (χ1n) is 10.3. The van der Waals surface area contributed by atoms with Crippen LogP contribution in [0.25, 0.3) is 5.57 Å². The minimum absolute atomic E-state index is 0.220. The van der Waals surface area contributed by atoms with Crippen LogP contribution in [0, 0.1) is 12.8 Å². The Bertz CT molecular complexity index is 1020. The van der Waals surface area contributed by atoms with Gasteiger partial charge in [-0.3, -0.25) is 4.79 Å². The molecule has 3 aromatic carbocycles. The van der Waals surface area contributed by atoms with Gasteiger partial charge in [0, 0.05) is 17.9 Å². The fraction of sp³-hybridized carbons (Fsp3) is 0.179. The standard InChI is InChI=1S/C28H26O/c1-21-12-14-25(15-13-21)28(29)19-17-24-16-18-26(23-10-6-3-7-11-23)27(24)20-22-8-4-2-5-9-22/h2-16,18,27H,17,19-20H2,1H3. The summed E-state index contributed by atoms with van der Waals surface area (Å²) in [5, 5.41) is 0. The van der Waals surface area contributed by atoms with Crippen LogP contribution in [0.2, 0.25) is 0 Å². The topological polar surface area (TPSA) is 17.1 Å². The van der Waals surface area contributed by atoms with E-state index in [4.69, 9.17) is 0 Å². The van der Waals surface area contributed by atoms with Crippen molar-refractivity contribution in [2.45, 2.75) is 26.2 Å². The van der Waals surface area contributed by atoms with E-state index in [1.165, 1.54) is 27.8 Å². The van der Waals surface area contributed by atoms with Crippen LogP contribution in [0.4, 0.5) is 0 Å². The molecule has 0 heterocycles. The maximum absolute atomic E-state index is 12.7. The molecule has 0 radical (unpaired) electrons. The highest BCUT2D eigenvalue weighted by molar-refractivity contribution is 5.96. The molecule has 1 heteroatoms. The van der Waals surface area contributed by atoms with Gasteiger partial charge in [-0.05, 0) is 36.5 Å². The Hall–Kier alpha value is -3.19. The molecule has 0 saturated carbocycles. The van der Waals surface area contributed by atoms with E-state index in [1.54, 1.807) is 0 Å². The molecule has 29 heavy (non-hydrogen) atoms. The molecule has 144 valence electrons. The van der Waals surface area contributed by atoms with Crippen molar-refractivity contribution in [1.29, 1.82) is 0 Å². The van der Waals surface area contributed by atoms with Gasteiger partial charge in [0.2, 0.25) is 0 Å². The second kappa shape index (κ2) is 8.87. The Morgan fingerprint density at radius 2 is 1.45 bits per heavy atom. The largest absolute Gasteiger partial charge is 0.294 e. The molecule has 0 aliphatic heterocycles. The van der Waals surface area contributed by atoms with Crippen LogP contribution >= 0.6 is 0 Å². The lowest BCUT2D eigenvalue weighted by molar-refractivity contribution is 0.0982. The predicted molar refractivity (Wildman–Crippen MR) is 121 cm³/mol. The van der Waals surface area contributed by atoms with Gasteiger partial charge in [-0.15, -0.1) is 0 Å². The van der Waals surface area contributed by atoms with Gasteiger partial charge in [-0.2, -0.15) is 0 Å². The number of benzene rings is 3. The van der Waals surface area contributed by atoms with E-state index in [9.17, 15) is 4.79 Å². The number of hydrogen-bond donors (Lipinski definition) is 0. The lowest BCUT2D eigenvalue weighted by atomic mass is 9.83. The first-order chi connectivity index (χ1) is 14.2. The van der Waals surface area contributed by atoms with E-state index >= 15 is 0 Å². The molecular formula is C28H26O. The van der Waals surface area contributed by atoms with Crippen molar-refractivity contribution in [1.82, 2.24) is 0 Å². The van der Waals surface area contributed by atoms with Crippen LogP contribution < -0.4 is 0 Å². The number of carbonyl (C=O) groups is 1. The molecule has 1 aliphatic rings. The summed E-state index contributed by atoms with van der Waals surface area (Å²) in [4.78, 5) is 12.7. The third-order valence-electron chi connectivity index (χ3n) is 5.70. The highest BCUT2D eigenvalue weighted by Crippen LogP contribution is 2.39. The summed E-state index contributed by atoms with van der Waals surface area (Å²) in [6, 6.07) is 29.1. The van der Waals surface area contributed by atoms with Crippen molar-refractivity contribution in [3.63, 3.8) is 0 Å². The van der Waals surface area contributed by atoms with E-state index in [0.29, 0.717) is 12.3 Å². The lowest BCUT2D eigenvalue weighted by Crippen LogP contribution is -2.10. The van der Waals surface area contributed by atoms with Gasteiger partial charge < -0.3 is 0 Å². The Kier molecular flexibility index (Phi) is 5.86. The number of Topliss-reactive ketones (excluding diaryl/α,β-unsaturated/α-hetero) is 1. The van der Waals surface area contributed by atoms with Crippen LogP contribution in [-0.4, -0.2) is 5.78 Å². The smallest absolute Gasteiger partial charge is 0.163 e. The molecule has 3 aromatic rings. The summed E-state index contributed by atoms with van der Waals surface area (Å²) >= 11 is 0. The van der Waals surface area contributed by atoms with Crippen molar-refractivity contribution in [3.05, 3.63) is 125 Å². The van der Waals surface area contributed by atoms with Crippen LogP contribution in [-0.2, 0) is 6.42 Å². The minimum Gasteiger partial charge on any atom is -0.294 e. The summed E-state index contributed by atoms with van der Waals surface area (Å²) in [6.45, 7) is 2.04. The van der Waals surface area contributed by atoms with Crippen LogP contribution in [0.15, 0.2) is 103 Å². The fourth-order valence-corrected chi connectivity index (χ4v) is 4.05. The monoisotopic (exact) mass is 378 g/mol. The van der Waals surface area contributed by atoms with Gasteiger partial charge in [0.15, 0.2) is 5.78 Å². The molecule has 1 atom stereocenters. The first-order valence-corrected chi connectivity index (χ1v) is 10.3. The Balaban J connectivity index is 1.50. The zero-order valence-corrected chi connectivity index (χ0v) is 16.8. The van der Waals surface area contributed by atoms with E-state index in [1.807, 2.05) is 31.2 Å². The molecular weight excluding hydrogens is 352 g/mol. The third-order valence-corrected chi connectivity index (χ3v) is 5.70. The molecule has 0 spiro atoms. The quantitative estimate of drug-likeness (QED) is 0.411. The van der Waals surface area contributed by atoms with Gasteiger partial charge in [0.05, 0.1) is 0 Å². The third kappa shape index (κ3) is 4.63. The maximum atomic E-state index is 12.7. The van der Waals surface area contributed by atoms with Crippen molar-refractivity contribution in [2.24, 2.45) is 5.92 Å². The van der Waals surface area contributed by atoms with Crippen molar-refractivity contribution in [2.75, 3.05) is 0 Å². The van der Waals surface area contributed by atoms with E-state index in [-0.39, 0.29) is 5.78 Å². The zero-order chi connectivity index (χ0) is 20.1. The van der Waals surface area contributed by atoms with Crippen molar-refractivity contribution < 1.29 is 4.79 Å². The number of aryl methyl sites for hydroxylation is 1. The van der Waals surface area contributed by atoms with Gasteiger partial charge in [-0.25, -0.2) is 0 Å². The average Bonchev–Trinajstić information content (AvgIpc) is 3.16. The number of ketones is 1. The zero-order valence-electron chi connectivity index (χ0n) is 16.8. The molecule has 0 bridgehead atoms. The second-order valence-electron chi connectivity index (χ2n) is 7.76. The SMILES string of the molecule is Cc1ccc(C(=O)CCC2=CC=C(c3ccccc3)C2Cc2ccccc2)cc1. The second-order valence-corrected chi connectivity index (χ2v) is 7.76. The Morgan fingerprint density at radius 3 is 2.14 bits per heavy atom. The molecule has 0 fully saturated rings. The normalized spacial score (nSPS) is 15.7. The van der Waals surface area contributed by atoms with Crippen LogP contribution in [0.3, 0.4) is 0 Å². The molecule has 0 N–H and O–H groups in total. The van der Waals surface area contributed by atoms with Gasteiger partial charge >= 0.3 is 0 Å². The summed E-state index contributed by atoms with van der Waals surface area (Å²) < 4.78 is 0. The number of carbonyl (C=O) groups excluding carboxylic acids is 1. The molecule has 1 unspecified atom stereocenters. The molecule has 0 saturated heterocycles. The highest BCUT2D eigenvalue weighted by Gasteiger charge is 2.25. The maximum Gasteiger partial charge on any atom is 0.163 e. The minimum atomic E-state index is 0.220. The summed E-state index contributed by atoms with van der Waals surface area (Å²) in [6.07, 6.45) is 6.80.